The monoisotopic (exact) mass is 258 g/mol. The van der Waals surface area contributed by atoms with Crippen molar-refractivity contribution in [3.8, 4) is 0 Å². The number of benzene rings is 2. The van der Waals surface area contributed by atoms with Gasteiger partial charge in [0.15, 0.2) is 0 Å². The highest BCUT2D eigenvalue weighted by atomic mass is 32.1. The van der Waals surface area contributed by atoms with Crippen LogP contribution in [0.15, 0.2) is 36.4 Å². The lowest BCUT2D eigenvalue weighted by atomic mass is 9.87. The van der Waals surface area contributed by atoms with E-state index in [4.69, 9.17) is 0 Å². The molecule has 0 aliphatic carbocycles. The predicted octanol–water partition coefficient (Wildman–Crippen LogP) is 5.49. The van der Waals surface area contributed by atoms with E-state index >= 15 is 0 Å². The lowest BCUT2D eigenvalue weighted by molar-refractivity contribution is 0.591. The average molecular weight is 258 g/mol. The van der Waals surface area contributed by atoms with Gasteiger partial charge in [0.25, 0.3) is 0 Å². The molecule has 92 valence electrons. The summed E-state index contributed by atoms with van der Waals surface area (Å²) in [6.07, 6.45) is 0. The first-order valence-corrected chi connectivity index (χ1v) is 6.89. The van der Waals surface area contributed by atoms with Crippen LogP contribution in [0.2, 0.25) is 0 Å². The maximum absolute atomic E-state index is 13.3. The fraction of sp³-hybridized carbons (Fsp3) is 0.250. The standard InChI is InChI=1S/C16H15FS/c1-16(2,3)10-4-6-12-13-9-11(17)5-7-14(13)18-15(12)8-10/h4-9H,1-3H3. The van der Waals surface area contributed by atoms with E-state index in [0.29, 0.717) is 0 Å². The Balaban J connectivity index is 2.34. The van der Waals surface area contributed by atoms with Gasteiger partial charge in [-0.05, 0) is 35.2 Å². The Morgan fingerprint density at radius 1 is 0.889 bits per heavy atom. The molecule has 0 unspecified atom stereocenters. The van der Waals surface area contributed by atoms with Gasteiger partial charge >= 0.3 is 0 Å². The second-order valence-electron chi connectivity index (χ2n) is 5.70. The highest BCUT2D eigenvalue weighted by molar-refractivity contribution is 7.25. The van der Waals surface area contributed by atoms with Gasteiger partial charge in [-0.15, -0.1) is 11.3 Å². The molecular formula is C16H15FS. The van der Waals surface area contributed by atoms with Gasteiger partial charge in [0.1, 0.15) is 5.82 Å². The zero-order chi connectivity index (χ0) is 12.9. The van der Waals surface area contributed by atoms with E-state index in [1.807, 2.05) is 6.07 Å². The van der Waals surface area contributed by atoms with Gasteiger partial charge in [-0.25, -0.2) is 4.39 Å². The molecule has 0 fully saturated rings. The molecule has 3 rings (SSSR count). The summed E-state index contributed by atoms with van der Waals surface area (Å²) in [7, 11) is 0. The lowest BCUT2D eigenvalue weighted by Gasteiger charge is -2.18. The molecule has 0 bridgehead atoms. The molecule has 0 aliphatic rings. The summed E-state index contributed by atoms with van der Waals surface area (Å²) in [5, 5.41) is 2.18. The van der Waals surface area contributed by atoms with Crippen molar-refractivity contribution in [1.29, 1.82) is 0 Å². The minimum absolute atomic E-state index is 0.148. The number of halogens is 1. The van der Waals surface area contributed by atoms with Gasteiger partial charge < -0.3 is 0 Å². The van der Waals surface area contributed by atoms with E-state index in [1.54, 1.807) is 17.4 Å². The number of fused-ring (bicyclic) bond motifs is 3. The van der Waals surface area contributed by atoms with E-state index in [0.717, 1.165) is 15.5 Å². The van der Waals surface area contributed by atoms with Crippen LogP contribution in [0.5, 0.6) is 0 Å². The number of rotatable bonds is 0. The minimum atomic E-state index is -0.165. The van der Waals surface area contributed by atoms with E-state index in [9.17, 15) is 4.39 Å². The van der Waals surface area contributed by atoms with Crippen molar-refractivity contribution in [2.24, 2.45) is 0 Å². The van der Waals surface area contributed by atoms with Crippen LogP contribution in [-0.4, -0.2) is 0 Å². The molecule has 1 aromatic heterocycles. The molecule has 3 aromatic rings. The van der Waals surface area contributed by atoms with Crippen molar-refractivity contribution in [2.75, 3.05) is 0 Å². The molecule has 0 atom stereocenters. The highest BCUT2D eigenvalue weighted by Gasteiger charge is 2.15. The Hall–Kier alpha value is -1.41. The Kier molecular flexibility index (Phi) is 2.46. The fourth-order valence-electron chi connectivity index (χ4n) is 2.22. The molecule has 0 aliphatic heterocycles. The van der Waals surface area contributed by atoms with E-state index < -0.39 is 0 Å². The summed E-state index contributed by atoms with van der Waals surface area (Å²) in [4.78, 5) is 0. The second kappa shape index (κ2) is 3.79. The smallest absolute Gasteiger partial charge is 0.123 e. The molecule has 0 spiro atoms. The van der Waals surface area contributed by atoms with Crippen LogP contribution >= 0.6 is 11.3 Å². The van der Waals surface area contributed by atoms with Gasteiger partial charge in [-0.3, -0.25) is 0 Å². The highest BCUT2D eigenvalue weighted by Crippen LogP contribution is 2.36. The fourth-order valence-corrected chi connectivity index (χ4v) is 3.34. The molecular weight excluding hydrogens is 243 g/mol. The largest absolute Gasteiger partial charge is 0.207 e. The van der Waals surface area contributed by atoms with Crippen molar-refractivity contribution < 1.29 is 4.39 Å². The van der Waals surface area contributed by atoms with Crippen molar-refractivity contribution in [1.82, 2.24) is 0 Å². The topological polar surface area (TPSA) is 0 Å². The molecule has 0 saturated heterocycles. The van der Waals surface area contributed by atoms with Crippen LogP contribution in [0.3, 0.4) is 0 Å². The molecule has 0 amide bonds. The molecule has 0 saturated carbocycles. The minimum Gasteiger partial charge on any atom is -0.207 e. The average Bonchev–Trinajstić information content (AvgIpc) is 2.65. The lowest BCUT2D eigenvalue weighted by Crippen LogP contribution is -2.10. The van der Waals surface area contributed by atoms with Crippen LogP contribution in [0, 0.1) is 5.82 Å². The Morgan fingerprint density at radius 2 is 1.67 bits per heavy atom. The first-order chi connectivity index (χ1) is 8.45. The van der Waals surface area contributed by atoms with Crippen LogP contribution in [0.25, 0.3) is 20.2 Å². The molecule has 2 aromatic carbocycles. The predicted molar refractivity (Wildman–Crippen MR) is 78.0 cm³/mol. The molecule has 0 N–H and O–H groups in total. The second-order valence-corrected chi connectivity index (χ2v) is 6.79. The molecule has 2 heteroatoms. The van der Waals surface area contributed by atoms with Crippen molar-refractivity contribution >= 4 is 31.5 Å². The van der Waals surface area contributed by atoms with Gasteiger partial charge in [0.2, 0.25) is 0 Å². The zero-order valence-electron chi connectivity index (χ0n) is 10.8. The van der Waals surface area contributed by atoms with Crippen LogP contribution < -0.4 is 0 Å². The summed E-state index contributed by atoms with van der Waals surface area (Å²) < 4.78 is 15.7. The van der Waals surface area contributed by atoms with Crippen LogP contribution in [-0.2, 0) is 5.41 Å². The third-order valence-corrected chi connectivity index (χ3v) is 4.43. The van der Waals surface area contributed by atoms with E-state index in [1.165, 1.54) is 16.3 Å². The summed E-state index contributed by atoms with van der Waals surface area (Å²) in [6, 6.07) is 11.5. The molecule has 0 nitrogen and oxygen atoms in total. The van der Waals surface area contributed by atoms with Crippen LogP contribution in [0.4, 0.5) is 4.39 Å². The summed E-state index contributed by atoms with van der Waals surface area (Å²) in [5.41, 5.74) is 1.47. The SMILES string of the molecule is CC(C)(C)c1ccc2c(c1)sc1ccc(F)cc12. The molecule has 18 heavy (non-hydrogen) atoms. The Labute approximate surface area is 110 Å². The van der Waals surface area contributed by atoms with Crippen molar-refractivity contribution in [2.45, 2.75) is 26.2 Å². The maximum atomic E-state index is 13.3. The van der Waals surface area contributed by atoms with E-state index in [-0.39, 0.29) is 11.2 Å². The van der Waals surface area contributed by atoms with Crippen molar-refractivity contribution in [3.05, 3.63) is 47.8 Å². The molecule has 1 heterocycles. The Bertz CT molecular complexity index is 732. The Morgan fingerprint density at radius 3 is 2.39 bits per heavy atom. The quantitative estimate of drug-likeness (QED) is 0.500. The van der Waals surface area contributed by atoms with Gasteiger partial charge in [-0.1, -0.05) is 32.9 Å². The van der Waals surface area contributed by atoms with E-state index in [2.05, 4.69) is 39.0 Å². The third-order valence-electron chi connectivity index (χ3n) is 3.30. The maximum Gasteiger partial charge on any atom is 0.123 e. The normalized spacial score (nSPS) is 12.4. The van der Waals surface area contributed by atoms with Gasteiger partial charge in [0, 0.05) is 20.2 Å². The van der Waals surface area contributed by atoms with Gasteiger partial charge in [-0.2, -0.15) is 0 Å². The zero-order valence-corrected chi connectivity index (χ0v) is 11.6. The number of hydrogen-bond acceptors (Lipinski definition) is 1. The summed E-state index contributed by atoms with van der Waals surface area (Å²) >= 11 is 1.73. The molecule has 0 radical (unpaired) electrons. The third kappa shape index (κ3) is 1.81. The number of hydrogen-bond donors (Lipinski definition) is 0. The van der Waals surface area contributed by atoms with Crippen molar-refractivity contribution in [3.63, 3.8) is 0 Å². The summed E-state index contributed by atoms with van der Waals surface area (Å²) in [5.74, 6) is -0.165. The summed E-state index contributed by atoms with van der Waals surface area (Å²) in [6.45, 7) is 6.63. The first kappa shape index (κ1) is 11.7. The van der Waals surface area contributed by atoms with Gasteiger partial charge in [0.05, 0.1) is 0 Å². The first-order valence-electron chi connectivity index (χ1n) is 6.07. The number of thiophene rings is 1. The van der Waals surface area contributed by atoms with Crippen LogP contribution in [0.1, 0.15) is 26.3 Å².